The highest BCUT2D eigenvalue weighted by molar-refractivity contribution is 9.10. The average Bonchev–Trinajstić information content (AvgIpc) is 2.29. The topological polar surface area (TPSA) is 16.1 Å². The van der Waals surface area contributed by atoms with E-state index in [1.807, 2.05) is 24.1 Å². The van der Waals surface area contributed by atoms with Gasteiger partial charge in [-0.2, -0.15) is 0 Å². The second kappa shape index (κ2) is 5.27. The van der Waals surface area contributed by atoms with Gasteiger partial charge in [0.15, 0.2) is 0 Å². The zero-order chi connectivity index (χ0) is 12.3. The highest BCUT2D eigenvalue weighted by Crippen LogP contribution is 2.24. The Morgan fingerprint density at radius 1 is 1.35 bits per heavy atom. The Hall–Kier alpha value is -1.42. The van der Waals surface area contributed by atoms with Crippen LogP contribution in [-0.2, 0) is 6.54 Å². The molecule has 0 radical (unpaired) electrons. The number of hydrogen-bond acceptors (Lipinski definition) is 2. The molecular formula is C13H12BrFN2. The highest BCUT2D eigenvalue weighted by Gasteiger charge is 2.06. The minimum absolute atomic E-state index is 0.204. The molecule has 0 bridgehead atoms. The lowest BCUT2D eigenvalue weighted by atomic mass is 10.2. The highest BCUT2D eigenvalue weighted by atomic mass is 79.9. The SMILES string of the molecule is CN(Cc1cccc(F)c1)c1ccncc1Br. The van der Waals surface area contributed by atoms with E-state index < -0.39 is 0 Å². The van der Waals surface area contributed by atoms with Gasteiger partial charge in [-0.1, -0.05) is 12.1 Å². The summed E-state index contributed by atoms with van der Waals surface area (Å²) in [7, 11) is 1.96. The van der Waals surface area contributed by atoms with Crippen LogP contribution in [-0.4, -0.2) is 12.0 Å². The molecule has 0 aliphatic rings. The lowest BCUT2D eigenvalue weighted by Gasteiger charge is -2.20. The maximum atomic E-state index is 13.1. The third-order valence-electron chi connectivity index (χ3n) is 2.47. The number of nitrogens with zero attached hydrogens (tertiary/aromatic N) is 2. The summed E-state index contributed by atoms with van der Waals surface area (Å²) < 4.78 is 14.0. The number of aromatic nitrogens is 1. The molecular weight excluding hydrogens is 283 g/mol. The summed E-state index contributed by atoms with van der Waals surface area (Å²) in [6, 6.07) is 8.55. The molecule has 0 saturated heterocycles. The normalized spacial score (nSPS) is 10.3. The number of benzene rings is 1. The van der Waals surface area contributed by atoms with E-state index in [9.17, 15) is 4.39 Å². The van der Waals surface area contributed by atoms with Crippen molar-refractivity contribution in [3.63, 3.8) is 0 Å². The molecule has 2 rings (SSSR count). The van der Waals surface area contributed by atoms with Crippen molar-refractivity contribution >= 4 is 21.6 Å². The largest absolute Gasteiger partial charge is 0.369 e. The molecule has 0 unspecified atom stereocenters. The van der Waals surface area contributed by atoms with E-state index in [2.05, 4.69) is 20.9 Å². The Labute approximate surface area is 108 Å². The molecule has 0 amide bonds. The summed E-state index contributed by atoms with van der Waals surface area (Å²) in [6.45, 7) is 0.653. The second-order valence-corrected chi connectivity index (χ2v) is 4.67. The van der Waals surface area contributed by atoms with Gasteiger partial charge in [0.2, 0.25) is 0 Å². The van der Waals surface area contributed by atoms with Crippen molar-refractivity contribution < 1.29 is 4.39 Å². The standard InChI is InChI=1S/C13H12BrFN2/c1-17(13-5-6-16-8-12(13)14)9-10-3-2-4-11(15)7-10/h2-8H,9H2,1H3. The number of halogens is 2. The Morgan fingerprint density at radius 2 is 2.18 bits per heavy atom. The average molecular weight is 295 g/mol. The third kappa shape index (κ3) is 3.03. The number of pyridine rings is 1. The maximum absolute atomic E-state index is 13.1. The Balaban J connectivity index is 2.17. The minimum atomic E-state index is -0.204. The van der Waals surface area contributed by atoms with Gasteiger partial charge < -0.3 is 4.90 Å². The quantitative estimate of drug-likeness (QED) is 0.859. The van der Waals surface area contributed by atoms with Gasteiger partial charge in [0.05, 0.1) is 10.2 Å². The van der Waals surface area contributed by atoms with E-state index in [0.29, 0.717) is 6.54 Å². The predicted molar refractivity (Wildman–Crippen MR) is 70.4 cm³/mol. The minimum Gasteiger partial charge on any atom is -0.369 e. The van der Waals surface area contributed by atoms with Crippen LogP contribution < -0.4 is 4.90 Å². The molecule has 0 spiro atoms. The van der Waals surface area contributed by atoms with Gasteiger partial charge in [0.1, 0.15) is 5.82 Å². The molecule has 0 aliphatic carbocycles. The first-order valence-electron chi connectivity index (χ1n) is 5.22. The second-order valence-electron chi connectivity index (χ2n) is 3.81. The maximum Gasteiger partial charge on any atom is 0.123 e. The fourth-order valence-electron chi connectivity index (χ4n) is 1.67. The van der Waals surface area contributed by atoms with Gasteiger partial charge in [-0.15, -0.1) is 0 Å². The van der Waals surface area contributed by atoms with Crippen molar-refractivity contribution in [1.29, 1.82) is 0 Å². The molecule has 2 aromatic rings. The molecule has 0 fully saturated rings. The van der Waals surface area contributed by atoms with Crippen molar-refractivity contribution in [1.82, 2.24) is 4.98 Å². The van der Waals surface area contributed by atoms with Crippen LogP contribution >= 0.6 is 15.9 Å². The fraction of sp³-hybridized carbons (Fsp3) is 0.154. The van der Waals surface area contributed by atoms with Crippen LogP contribution in [0.4, 0.5) is 10.1 Å². The van der Waals surface area contributed by atoms with E-state index in [0.717, 1.165) is 15.7 Å². The third-order valence-corrected chi connectivity index (χ3v) is 3.08. The van der Waals surface area contributed by atoms with Crippen molar-refractivity contribution in [2.24, 2.45) is 0 Å². The molecule has 1 aromatic heterocycles. The molecule has 4 heteroatoms. The first-order chi connectivity index (χ1) is 8.16. The smallest absolute Gasteiger partial charge is 0.123 e. The monoisotopic (exact) mass is 294 g/mol. The summed E-state index contributed by atoms with van der Waals surface area (Å²) in [4.78, 5) is 6.06. The van der Waals surface area contributed by atoms with Crippen molar-refractivity contribution in [3.05, 3.63) is 58.6 Å². The van der Waals surface area contributed by atoms with Crippen LogP contribution in [0.15, 0.2) is 47.2 Å². The Kier molecular flexibility index (Phi) is 3.74. The van der Waals surface area contributed by atoms with E-state index in [-0.39, 0.29) is 5.82 Å². The van der Waals surface area contributed by atoms with E-state index in [1.165, 1.54) is 6.07 Å². The van der Waals surface area contributed by atoms with Gasteiger partial charge in [-0.05, 0) is 39.7 Å². The summed E-state index contributed by atoms with van der Waals surface area (Å²) in [5.41, 5.74) is 1.97. The number of anilines is 1. The van der Waals surface area contributed by atoms with E-state index in [1.54, 1.807) is 24.5 Å². The van der Waals surface area contributed by atoms with E-state index >= 15 is 0 Å². The van der Waals surface area contributed by atoms with E-state index in [4.69, 9.17) is 0 Å². The fourth-order valence-corrected chi connectivity index (χ4v) is 2.22. The van der Waals surface area contributed by atoms with Gasteiger partial charge >= 0.3 is 0 Å². The first kappa shape index (κ1) is 12.0. The van der Waals surface area contributed by atoms with Crippen LogP contribution in [0.1, 0.15) is 5.56 Å². The molecule has 0 N–H and O–H groups in total. The molecule has 2 nitrogen and oxygen atoms in total. The van der Waals surface area contributed by atoms with Gasteiger partial charge in [0, 0.05) is 26.0 Å². The zero-order valence-corrected chi connectivity index (χ0v) is 11.0. The van der Waals surface area contributed by atoms with Crippen LogP contribution in [0.3, 0.4) is 0 Å². The van der Waals surface area contributed by atoms with Crippen molar-refractivity contribution in [3.8, 4) is 0 Å². The summed E-state index contributed by atoms with van der Waals surface area (Å²) >= 11 is 3.45. The first-order valence-corrected chi connectivity index (χ1v) is 6.01. The van der Waals surface area contributed by atoms with Crippen LogP contribution in [0, 0.1) is 5.82 Å². The number of hydrogen-bond donors (Lipinski definition) is 0. The van der Waals surface area contributed by atoms with Crippen LogP contribution in [0.5, 0.6) is 0 Å². The van der Waals surface area contributed by atoms with Crippen LogP contribution in [0.2, 0.25) is 0 Å². The molecule has 17 heavy (non-hydrogen) atoms. The summed E-state index contributed by atoms with van der Waals surface area (Å²) in [6.07, 6.45) is 3.49. The molecule has 0 saturated carbocycles. The Bertz CT molecular complexity index is 516. The van der Waals surface area contributed by atoms with Crippen LogP contribution in [0.25, 0.3) is 0 Å². The molecule has 1 aromatic carbocycles. The molecule has 0 atom stereocenters. The lowest BCUT2D eigenvalue weighted by molar-refractivity contribution is 0.625. The lowest BCUT2D eigenvalue weighted by Crippen LogP contribution is -2.16. The van der Waals surface area contributed by atoms with Gasteiger partial charge in [-0.3, -0.25) is 4.98 Å². The zero-order valence-electron chi connectivity index (χ0n) is 9.40. The van der Waals surface area contributed by atoms with Gasteiger partial charge in [0.25, 0.3) is 0 Å². The predicted octanol–water partition coefficient (Wildman–Crippen LogP) is 3.62. The molecule has 88 valence electrons. The Morgan fingerprint density at radius 3 is 2.88 bits per heavy atom. The molecule has 0 aliphatic heterocycles. The number of rotatable bonds is 3. The van der Waals surface area contributed by atoms with Gasteiger partial charge in [-0.25, -0.2) is 4.39 Å². The summed E-state index contributed by atoms with van der Waals surface area (Å²) in [5, 5.41) is 0. The van der Waals surface area contributed by atoms with Crippen molar-refractivity contribution in [2.45, 2.75) is 6.54 Å². The molecule has 1 heterocycles. The summed E-state index contributed by atoms with van der Waals surface area (Å²) in [5.74, 6) is -0.204. The van der Waals surface area contributed by atoms with Crippen molar-refractivity contribution in [2.75, 3.05) is 11.9 Å².